The fraction of sp³-hybridized carbons (Fsp3) is 0.346. The van der Waals surface area contributed by atoms with Crippen LogP contribution >= 0.6 is 0 Å². The Morgan fingerprint density at radius 3 is 2.62 bits per heavy atom. The van der Waals surface area contributed by atoms with Crippen LogP contribution in [0, 0.1) is 28.5 Å². The molecule has 1 aromatic carbocycles. The van der Waals surface area contributed by atoms with Crippen molar-refractivity contribution >= 4 is 30.1 Å². The Morgan fingerprint density at radius 2 is 1.97 bits per heavy atom. The van der Waals surface area contributed by atoms with E-state index in [1.807, 2.05) is 19.1 Å². The number of nitriles is 1. The number of rotatable bonds is 7. The normalized spacial score (nSPS) is 17.1. The van der Waals surface area contributed by atoms with E-state index in [0.717, 1.165) is 18.5 Å². The number of benzene rings is 1. The molecule has 0 bridgehead atoms. The lowest BCUT2D eigenvalue weighted by Gasteiger charge is -2.33. The van der Waals surface area contributed by atoms with Crippen molar-refractivity contribution in [2.75, 3.05) is 17.2 Å². The number of hydrogen-bond donors (Lipinski definition) is 4. The molecular formula is C26H29BF2N8. The first-order valence-corrected chi connectivity index (χ1v) is 12.3. The molecule has 1 saturated carbocycles. The van der Waals surface area contributed by atoms with Crippen molar-refractivity contribution in [1.29, 1.82) is 5.26 Å². The van der Waals surface area contributed by atoms with E-state index in [1.165, 1.54) is 24.5 Å². The molecule has 5 rings (SSSR count). The molecule has 1 fully saturated rings. The minimum atomic E-state index is -0.920. The molecule has 2 aliphatic rings. The Hall–Kier alpha value is -3.91. The molecule has 11 heteroatoms. The summed E-state index contributed by atoms with van der Waals surface area (Å²) >= 11 is 0. The Bertz CT molecular complexity index is 1410. The topological polar surface area (TPSA) is 101 Å². The number of anilines is 2. The van der Waals surface area contributed by atoms with Gasteiger partial charge in [-0.05, 0) is 42.0 Å². The first-order chi connectivity index (χ1) is 17.6. The number of hydrogen-bond acceptors (Lipinski definition) is 8. The quantitative estimate of drug-likeness (QED) is 0.288. The van der Waals surface area contributed by atoms with Crippen LogP contribution in [0.3, 0.4) is 0 Å². The largest absolute Gasteiger partial charge is 0.383 e. The molecule has 1 unspecified atom stereocenters. The molecule has 3 heterocycles. The summed E-state index contributed by atoms with van der Waals surface area (Å²) in [4.78, 5) is 8.07. The van der Waals surface area contributed by atoms with E-state index in [1.54, 1.807) is 12.1 Å². The van der Waals surface area contributed by atoms with Crippen molar-refractivity contribution in [3.8, 4) is 6.07 Å². The summed E-state index contributed by atoms with van der Waals surface area (Å²) in [5.41, 5.74) is 8.36. The number of nitrogens with one attached hydrogen (secondary N) is 4. The zero-order chi connectivity index (χ0) is 26.4. The minimum Gasteiger partial charge on any atom is -0.383 e. The second-order valence-corrected chi connectivity index (χ2v) is 11.0. The van der Waals surface area contributed by atoms with Crippen molar-refractivity contribution in [1.82, 2.24) is 25.9 Å². The highest BCUT2D eigenvalue weighted by Gasteiger charge is 2.38. The summed E-state index contributed by atoms with van der Waals surface area (Å²) in [7, 11) is 1.92. The lowest BCUT2D eigenvalue weighted by atomic mass is 9.70. The molecule has 190 valence electrons. The van der Waals surface area contributed by atoms with Crippen molar-refractivity contribution in [3.63, 3.8) is 0 Å². The molecule has 0 amide bonds. The second kappa shape index (κ2) is 9.19. The van der Waals surface area contributed by atoms with Gasteiger partial charge in [0, 0.05) is 42.3 Å². The van der Waals surface area contributed by atoms with E-state index in [2.05, 4.69) is 58.4 Å². The highest BCUT2D eigenvalue weighted by atomic mass is 19.1. The van der Waals surface area contributed by atoms with Gasteiger partial charge in [0.2, 0.25) is 5.95 Å². The zero-order valence-electron chi connectivity index (χ0n) is 21.3. The van der Waals surface area contributed by atoms with Crippen molar-refractivity contribution in [2.24, 2.45) is 5.41 Å². The Balaban J connectivity index is 1.60. The first-order valence-electron chi connectivity index (χ1n) is 12.3. The average molecular weight is 502 g/mol. The van der Waals surface area contributed by atoms with Crippen LogP contribution < -0.4 is 21.6 Å². The average Bonchev–Trinajstić information content (AvgIpc) is 3.58. The third kappa shape index (κ3) is 5.02. The van der Waals surface area contributed by atoms with Gasteiger partial charge in [-0.25, -0.2) is 9.37 Å². The van der Waals surface area contributed by atoms with E-state index in [9.17, 15) is 9.65 Å². The van der Waals surface area contributed by atoms with Crippen LogP contribution in [0.5, 0.6) is 0 Å². The fourth-order valence-corrected chi connectivity index (χ4v) is 4.35. The molecule has 3 aromatic rings. The molecule has 37 heavy (non-hydrogen) atoms. The molecule has 1 atom stereocenters. The van der Waals surface area contributed by atoms with Crippen molar-refractivity contribution in [2.45, 2.75) is 45.1 Å². The van der Waals surface area contributed by atoms with Gasteiger partial charge in [0.15, 0.2) is 5.82 Å². The maximum atomic E-state index is 15.4. The van der Waals surface area contributed by atoms with Gasteiger partial charge in [0.05, 0.1) is 22.4 Å². The molecule has 0 saturated heterocycles. The summed E-state index contributed by atoms with van der Waals surface area (Å²) in [5, 5.41) is 19.0. The smallest absolute Gasteiger partial charge is 0.212 e. The predicted octanol–water partition coefficient (Wildman–Crippen LogP) is 3.46. The van der Waals surface area contributed by atoms with Gasteiger partial charge in [0.25, 0.3) is 0 Å². The highest BCUT2D eigenvalue weighted by Crippen LogP contribution is 2.36. The van der Waals surface area contributed by atoms with E-state index in [0.29, 0.717) is 40.5 Å². The lowest BCUT2D eigenvalue weighted by molar-refractivity contribution is 0.260. The number of hydrazine groups is 2. The van der Waals surface area contributed by atoms with Crippen LogP contribution in [-0.4, -0.2) is 35.4 Å². The molecule has 1 aliphatic heterocycles. The summed E-state index contributed by atoms with van der Waals surface area (Å²) < 4.78 is 29.1. The maximum Gasteiger partial charge on any atom is 0.212 e. The van der Waals surface area contributed by atoms with E-state index in [4.69, 9.17) is 0 Å². The zero-order valence-corrected chi connectivity index (χ0v) is 21.3. The first kappa shape index (κ1) is 24.8. The van der Waals surface area contributed by atoms with Crippen LogP contribution in [0.15, 0.2) is 48.6 Å². The SMILES string of the molecule is BC(Nc1cc(F)c2ncc(C#N)c(NCC(C)(C)C)c2c1)(C1=CN(C2CC2)NN1)c1ccc(F)nc1. The highest BCUT2D eigenvalue weighted by molar-refractivity contribution is 6.19. The third-order valence-corrected chi connectivity index (χ3v) is 6.61. The molecule has 0 spiro atoms. The maximum absolute atomic E-state index is 15.4. The molecule has 1 aliphatic carbocycles. The lowest BCUT2D eigenvalue weighted by Crippen LogP contribution is -2.45. The summed E-state index contributed by atoms with van der Waals surface area (Å²) in [6.07, 6.45) is 7.01. The second-order valence-electron chi connectivity index (χ2n) is 11.0. The fourth-order valence-electron chi connectivity index (χ4n) is 4.35. The predicted molar refractivity (Wildman–Crippen MR) is 142 cm³/mol. The molecule has 4 N–H and O–H groups in total. The van der Waals surface area contributed by atoms with Crippen LogP contribution in [0.25, 0.3) is 10.9 Å². The number of halogens is 2. The van der Waals surface area contributed by atoms with Gasteiger partial charge >= 0.3 is 0 Å². The Kier molecular flexibility index (Phi) is 6.16. The van der Waals surface area contributed by atoms with E-state index >= 15 is 4.39 Å². The minimum absolute atomic E-state index is 0.0636. The van der Waals surface area contributed by atoms with Crippen LogP contribution in [0.4, 0.5) is 20.2 Å². The Morgan fingerprint density at radius 1 is 1.19 bits per heavy atom. The molecular weight excluding hydrogens is 473 g/mol. The standard InChI is InChI=1S/C26H29BF2N8/c1-25(2,3)14-33-23-15(10-30)11-32-24-19(23)8-17(9-20(24)28)34-26(27,16-4-7-22(29)31-12-16)21-13-37(36-35-21)18-5-6-18/h4,7-9,11-13,18,34-36H,5-6,14,27H2,1-3H3,(H,32,33). The number of fused-ring (bicyclic) bond motifs is 1. The van der Waals surface area contributed by atoms with Crippen molar-refractivity contribution < 1.29 is 8.78 Å². The van der Waals surface area contributed by atoms with Crippen LogP contribution in [0.2, 0.25) is 0 Å². The van der Waals surface area contributed by atoms with Crippen LogP contribution in [-0.2, 0) is 5.44 Å². The van der Waals surface area contributed by atoms with E-state index in [-0.39, 0.29) is 10.9 Å². The van der Waals surface area contributed by atoms with Gasteiger partial charge in [-0.1, -0.05) is 26.8 Å². The van der Waals surface area contributed by atoms with Crippen molar-refractivity contribution in [3.05, 3.63) is 71.4 Å². The molecule has 0 radical (unpaired) electrons. The number of aromatic nitrogens is 2. The monoisotopic (exact) mass is 502 g/mol. The van der Waals surface area contributed by atoms with E-state index < -0.39 is 17.2 Å². The van der Waals surface area contributed by atoms with Gasteiger partial charge in [-0.2, -0.15) is 9.65 Å². The summed E-state index contributed by atoms with van der Waals surface area (Å²) in [6.45, 7) is 6.81. The Labute approximate surface area is 215 Å². The number of pyridine rings is 2. The van der Waals surface area contributed by atoms with Gasteiger partial charge in [-0.3, -0.25) is 9.99 Å². The van der Waals surface area contributed by atoms with Crippen LogP contribution in [0.1, 0.15) is 44.7 Å². The van der Waals surface area contributed by atoms with Gasteiger partial charge in [-0.15, -0.1) is 5.53 Å². The summed E-state index contributed by atoms with van der Waals surface area (Å²) in [5.74, 6) is -1.10. The van der Waals surface area contributed by atoms with Gasteiger partial charge in [0.1, 0.15) is 19.4 Å². The number of nitrogens with zero attached hydrogens (tertiary/aromatic N) is 4. The third-order valence-electron chi connectivity index (χ3n) is 6.61. The molecule has 2 aromatic heterocycles. The molecule has 8 nitrogen and oxygen atoms in total. The van der Waals surface area contributed by atoms with Gasteiger partial charge < -0.3 is 16.1 Å². The summed E-state index contributed by atoms with van der Waals surface area (Å²) in [6, 6.07) is 8.69.